The lowest BCUT2D eigenvalue weighted by Crippen LogP contribution is -3.15. The van der Waals surface area contributed by atoms with Gasteiger partial charge in [0.05, 0.1) is 43.8 Å². The molecule has 0 bridgehead atoms. The Morgan fingerprint density at radius 1 is 1.19 bits per heavy atom. The van der Waals surface area contributed by atoms with Gasteiger partial charge in [0, 0.05) is 6.61 Å². The van der Waals surface area contributed by atoms with Gasteiger partial charge in [-0.3, -0.25) is 4.79 Å². The number of para-hydroxylation sites is 1. The molecule has 6 nitrogen and oxygen atoms in total. The molecular formula is C20H26ClN4O2+. The number of ether oxygens (including phenoxy) is 1. The molecule has 2 aromatic rings. The molecule has 1 N–H and O–H groups in total. The van der Waals surface area contributed by atoms with Crippen LogP contribution in [0.2, 0.25) is 5.02 Å². The van der Waals surface area contributed by atoms with E-state index in [-0.39, 0.29) is 10.6 Å². The molecule has 0 spiro atoms. The zero-order chi connectivity index (χ0) is 18.6. The van der Waals surface area contributed by atoms with Gasteiger partial charge in [0.15, 0.2) is 0 Å². The monoisotopic (exact) mass is 389 g/mol. The number of rotatable bonds is 4. The molecule has 1 aromatic carbocycles. The SMILES string of the molecule is O=c1c(Cl)c(N2CC[NH+](C[C@H]3CCCCO3)CC2)cnn1-c1ccccc1. The highest BCUT2D eigenvalue weighted by molar-refractivity contribution is 6.33. The van der Waals surface area contributed by atoms with Crippen LogP contribution in [0.15, 0.2) is 41.3 Å². The van der Waals surface area contributed by atoms with Crippen molar-refractivity contribution in [3.63, 3.8) is 0 Å². The summed E-state index contributed by atoms with van der Waals surface area (Å²) >= 11 is 6.43. The Kier molecular flexibility index (Phi) is 5.76. The second kappa shape index (κ2) is 8.42. The summed E-state index contributed by atoms with van der Waals surface area (Å²) in [5, 5.41) is 4.59. The second-order valence-corrected chi connectivity index (χ2v) is 7.70. The third-order valence-corrected chi connectivity index (χ3v) is 5.86. The largest absolute Gasteiger partial charge is 0.372 e. The van der Waals surface area contributed by atoms with E-state index in [0.717, 1.165) is 50.7 Å². The van der Waals surface area contributed by atoms with Gasteiger partial charge in [0.25, 0.3) is 5.56 Å². The van der Waals surface area contributed by atoms with Crippen molar-refractivity contribution in [2.45, 2.75) is 25.4 Å². The number of halogens is 1. The molecule has 1 aromatic heterocycles. The summed E-state index contributed by atoms with van der Waals surface area (Å²) in [7, 11) is 0. The van der Waals surface area contributed by atoms with E-state index in [0.29, 0.717) is 6.10 Å². The molecular weight excluding hydrogens is 364 g/mol. The zero-order valence-electron chi connectivity index (χ0n) is 15.4. The van der Waals surface area contributed by atoms with Crippen LogP contribution in [0.4, 0.5) is 5.69 Å². The number of benzene rings is 1. The van der Waals surface area contributed by atoms with Gasteiger partial charge in [-0.05, 0) is 31.4 Å². The predicted molar refractivity (Wildman–Crippen MR) is 106 cm³/mol. The molecule has 0 unspecified atom stereocenters. The van der Waals surface area contributed by atoms with Crippen LogP contribution in [-0.4, -0.2) is 55.2 Å². The highest BCUT2D eigenvalue weighted by Gasteiger charge is 2.26. The summed E-state index contributed by atoms with van der Waals surface area (Å²) in [6.45, 7) is 5.78. The number of nitrogens with zero attached hydrogens (tertiary/aromatic N) is 3. The van der Waals surface area contributed by atoms with Crippen LogP contribution >= 0.6 is 11.6 Å². The van der Waals surface area contributed by atoms with Crippen LogP contribution in [-0.2, 0) is 4.74 Å². The summed E-state index contributed by atoms with van der Waals surface area (Å²) in [4.78, 5) is 16.4. The Balaban J connectivity index is 1.42. The summed E-state index contributed by atoms with van der Waals surface area (Å²) in [5.41, 5.74) is 1.19. The first-order valence-corrected chi connectivity index (χ1v) is 10.1. The van der Waals surface area contributed by atoms with Crippen molar-refractivity contribution in [1.82, 2.24) is 9.78 Å². The summed E-state index contributed by atoms with van der Waals surface area (Å²) in [6.07, 6.45) is 5.77. The van der Waals surface area contributed by atoms with Gasteiger partial charge in [-0.15, -0.1) is 0 Å². The summed E-state index contributed by atoms with van der Waals surface area (Å²) < 4.78 is 7.23. The van der Waals surface area contributed by atoms with Crippen LogP contribution in [0.25, 0.3) is 5.69 Å². The lowest BCUT2D eigenvalue weighted by molar-refractivity contribution is -0.904. The average molecular weight is 390 g/mol. The summed E-state index contributed by atoms with van der Waals surface area (Å²) in [5.74, 6) is 0. The number of hydrogen-bond donors (Lipinski definition) is 1. The molecule has 2 saturated heterocycles. The minimum Gasteiger partial charge on any atom is -0.372 e. The Bertz CT molecular complexity index is 812. The van der Waals surface area contributed by atoms with Crippen molar-refractivity contribution in [3.05, 3.63) is 51.9 Å². The molecule has 0 aliphatic carbocycles. The molecule has 144 valence electrons. The average Bonchev–Trinajstić information content (AvgIpc) is 2.72. The normalized spacial score (nSPS) is 21.4. The van der Waals surface area contributed by atoms with Crippen LogP contribution in [0.3, 0.4) is 0 Å². The molecule has 2 fully saturated rings. The number of quaternary nitrogens is 1. The van der Waals surface area contributed by atoms with E-state index < -0.39 is 0 Å². The maximum absolute atomic E-state index is 12.7. The Labute approximate surface area is 164 Å². The molecule has 4 rings (SSSR count). The smallest absolute Gasteiger partial charge is 0.292 e. The van der Waals surface area contributed by atoms with E-state index in [1.807, 2.05) is 30.3 Å². The molecule has 27 heavy (non-hydrogen) atoms. The third kappa shape index (κ3) is 4.18. The molecule has 1 atom stereocenters. The van der Waals surface area contributed by atoms with Gasteiger partial charge in [0.2, 0.25) is 0 Å². The van der Waals surface area contributed by atoms with Crippen LogP contribution in [0, 0.1) is 0 Å². The van der Waals surface area contributed by atoms with Crippen LogP contribution in [0.1, 0.15) is 19.3 Å². The van der Waals surface area contributed by atoms with Gasteiger partial charge in [0.1, 0.15) is 17.7 Å². The number of aromatic nitrogens is 2. The van der Waals surface area contributed by atoms with Crippen molar-refractivity contribution in [3.8, 4) is 5.69 Å². The number of nitrogens with one attached hydrogen (secondary N) is 1. The first-order valence-electron chi connectivity index (χ1n) is 9.76. The fourth-order valence-electron chi connectivity index (χ4n) is 3.96. The van der Waals surface area contributed by atoms with Gasteiger partial charge < -0.3 is 14.5 Å². The third-order valence-electron chi connectivity index (χ3n) is 5.50. The molecule has 0 saturated carbocycles. The fourth-order valence-corrected chi connectivity index (χ4v) is 4.20. The highest BCUT2D eigenvalue weighted by Crippen LogP contribution is 2.21. The van der Waals surface area contributed by atoms with Crippen molar-refractivity contribution in [2.24, 2.45) is 0 Å². The topological polar surface area (TPSA) is 51.8 Å². The lowest BCUT2D eigenvalue weighted by atomic mass is 10.1. The van der Waals surface area contributed by atoms with Gasteiger partial charge >= 0.3 is 0 Å². The predicted octanol–water partition coefficient (Wildman–Crippen LogP) is 1.16. The quantitative estimate of drug-likeness (QED) is 0.852. The van der Waals surface area contributed by atoms with Crippen molar-refractivity contribution < 1.29 is 9.64 Å². The molecule has 0 amide bonds. The lowest BCUT2D eigenvalue weighted by Gasteiger charge is -2.35. The minimum atomic E-state index is -0.272. The van der Waals surface area contributed by atoms with Gasteiger partial charge in [-0.2, -0.15) is 9.78 Å². The minimum absolute atomic E-state index is 0.243. The van der Waals surface area contributed by atoms with Crippen LogP contribution in [0.5, 0.6) is 0 Å². The standard InChI is InChI=1S/C20H25ClN4O2/c21-19-18(14-22-25(20(19)26)16-6-2-1-3-7-16)24-11-9-23(10-12-24)15-17-8-4-5-13-27-17/h1-3,6-7,14,17H,4-5,8-13,15H2/p+1/t17-/m1/s1. The van der Waals surface area contributed by atoms with E-state index >= 15 is 0 Å². The van der Waals surface area contributed by atoms with Crippen molar-refractivity contribution in [2.75, 3.05) is 44.2 Å². The Hall–Kier alpha value is -1.89. The number of piperazine rings is 1. The zero-order valence-corrected chi connectivity index (χ0v) is 16.2. The second-order valence-electron chi connectivity index (χ2n) is 7.33. The van der Waals surface area contributed by atoms with Gasteiger partial charge in [-0.25, -0.2) is 0 Å². The molecule has 0 radical (unpaired) electrons. The highest BCUT2D eigenvalue weighted by atomic mass is 35.5. The number of anilines is 1. The van der Waals surface area contributed by atoms with E-state index in [2.05, 4.69) is 10.00 Å². The summed E-state index contributed by atoms with van der Waals surface area (Å²) in [6, 6.07) is 9.36. The van der Waals surface area contributed by atoms with E-state index in [1.165, 1.54) is 23.9 Å². The van der Waals surface area contributed by atoms with Gasteiger partial charge in [-0.1, -0.05) is 29.8 Å². The van der Waals surface area contributed by atoms with E-state index in [9.17, 15) is 4.79 Å². The molecule has 2 aliphatic rings. The number of hydrogen-bond acceptors (Lipinski definition) is 4. The fraction of sp³-hybridized carbons (Fsp3) is 0.500. The van der Waals surface area contributed by atoms with Crippen molar-refractivity contribution >= 4 is 17.3 Å². The first-order chi connectivity index (χ1) is 13.2. The van der Waals surface area contributed by atoms with E-state index in [4.69, 9.17) is 16.3 Å². The Morgan fingerprint density at radius 3 is 2.67 bits per heavy atom. The Morgan fingerprint density at radius 2 is 1.96 bits per heavy atom. The van der Waals surface area contributed by atoms with Crippen LogP contribution < -0.4 is 15.4 Å². The van der Waals surface area contributed by atoms with Crippen molar-refractivity contribution in [1.29, 1.82) is 0 Å². The molecule has 2 aliphatic heterocycles. The van der Waals surface area contributed by atoms with E-state index in [1.54, 1.807) is 11.1 Å². The maximum Gasteiger partial charge on any atom is 0.292 e. The molecule has 7 heteroatoms. The first kappa shape index (κ1) is 18.5. The maximum atomic E-state index is 12.7. The molecule has 3 heterocycles.